The number of nitrogens with zero attached hydrogens (tertiary/aromatic N) is 3. The van der Waals surface area contributed by atoms with Gasteiger partial charge in [-0.1, -0.05) is 43.0 Å². The molecule has 0 saturated carbocycles. The average Bonchev–Trinajstić information content (AvgIpc) is 3.17. The van der Waals surface area contributed by atoms with Crippen molar-refractivity contribution < 1.29 is 4.74 Å². The molecule has 1 saturated heterocycles. The number of nitrogens with one attached hydrogen (secondary N) is 2. The van der Waals surface area contributed by atoms with Crippen LogP contribution in [-0.4, -0.2) is 54.3 Å². The van der Waals surface area contributed by atoms with E-state index in [1.807, 2.05) is 24.3 Å². The molecule has 3 heterocycles. The molecule has 0 atom stereocenters. The Morgan fingerprint density at radius 3 is 2.75 bits per heavy atom. The number of rotatable bonds is 8. The van der Waals surface area contributed by atoms with Crippen molar-refractivity contribution in [2.24, 2.45) is 0 Å². The summed E-state index contributed by atoms with van der Waals surface area (Å²) in [7, 11) is 0. The Balaban J connectivity index is 1.50. The maximum absolute atomic E-state index is 5.40. The van der Waals surface area contributed by atoms with Crippen molar-refractivity contribution in [1.82, 2.24) is 14.9 Å². The lowest BCUT2D eigenvalue weighted by atomic mass is 10.2. The first-order chi connectivity index (χ1) is 13.8. The highest BCUT2D eigenvalue weighted by molar-refractivity contribution is 7.18. The van der Waals surface area contributed by atoms with Crippen molar-refractivity contribution in [3.05, 3.63) is 53.4 Å². The Morgan fingerprint density at radius 2 is 1.96 bits per heavy atom. The van der Waals surface area contributed by atoms with E-state index in [2.05, 4.69) is 39.6 Å². The summed E-state index contributed by atoms with van der Waals surface area (Å²) in [4.78, 5) is 11.9. The van der Waals surface area contributed by atoms with E-state index in [-0.39, 0.29) is 0 Å². The van der Waals surface area contributed by atoms with Crippen LogP contribution in [0, 0.1) is 0 Å². The average molecular weight is 396 g/mol. The highest BCUT2D eigenvalue weighted by atomic mass is 32.1. The minimum Gasteiger partial charge on any atom is -0.379 e. The van der Waals surface area contributed by atoms with E-state index >= 15 is 0 Å². The topological polar surface area (TPSA) is 62.3 Å². The Kier molecular flexibility index (Phi) is 6.16. The van der Waals surface area contributed by atoms with E-state index in [1.165, 1.54) is 5.56 Å². The second-order valence-electron chi connectivity index (χ2n) is 6.69. The highest BCUT2D eigenvalue weighted by Crippen LogP contribution is 2.31. The van der Waals surface area contributed by atoms with Crippen LogP contribution in [0.15, 0.2) is 42.3 Å². The fourth-order valence-electron chi connectivity index (χ4n) is 3.21. The fourth-order valence-corrected chi connectivity index (χ4v) is 4.17. The number of fused-ring (bicyclic) bond motifs is 1. The largest absolute Gasteiger partial charge is 0.379 e. The van der Waals surface area contributed by atoms with Crippen LogP contribution in [0.1, 0.15) is 11.1 Å². The number of morpholine rings is 1. The van der Waals surface area contributed by atoms with Gasteiger partial charge in [0.1, 0.15) is 5.82 Å². The molecule has 2 N–H and O–H groups in total. The van der Waals surface area contributed by atoms with Crippen LogP contribution >= 0.6 is 11.3 Å². The van der Waals surface area contributed by atoms with Gasteiger partial charge < -0.3 is 15.4 Å². The van der Waals surface area contributed by atoms with E-state index in [9.17, 15) is 0 Å². The zero-order valence-electron chi connectivity index (χ0n) is 15.9. The van der Waals surface area contributed by atoms with Gasteiger partial charge in [-0.25, -0.2) is 4.98 Å². The fraction of sp³-hybridized carbons (Fsp3) is 0.333. The second-order valence-corrected chi connectivity index (χ2v) is 7.57. The first kappa shape index (κ1) is 18.9. The van der Waals surface area contributed by atoms with Crippen LogP contribution in [0.25, 0.3) is 16.3 Å². The predicted molar refractivity (Wildman–Crippen MR) is 117 cm³/mol. The van der Waals surface area contributed by atoms with Crippen molar-refractivity contribution in [2.45, 2.75) is 6.54 Å². The summed E-state index contributed by atoms with van der Waals surface area (Å²) in [5.74, 6) is 1.51. The van der Waals surface area contributed by atoms with E-state index < -0.39 is 0 Å². The van der Waals surface area contributed by atoms with Gasteiger partial charge in [0.25, 0.3) is 0 Å². The van der Waals surface area contributed by atoms with Crippen molar-refractivity contribution in [3.63, 3.8) is 0 Å². The number of anilines is 2. The van der Waals surface area contributed by atoms with E-state index in [1.54, 1.807) is 11.3 Å². The number of hydrogen-bond donors (Lipinski definition) is 2. The number of benzene rings is 1. The third-order valence-corrected chi connectivity index (χ3v) is 5.77. The van der Waals surface area contributed by atoms with Crippen LogP contribution in [0.2, 0.25) is 0 Å². The predicted octanol–water partition coefficient (Wildman–Crippen LogP) is 3.69. The molecular weight excluding hydrogens is 370 g/mol. The van der Waals surface area contributed by atoms with Gasteiger partial charge in [-0.05, 0) is 5.56 Å². The van der Waals surface area contributed by atoms with Gasteiger partial charge in [-0.15, -0.1) is 11.3 Å². The van der Waals surface area contributed by atoms with Gasteiger partial charge in [0, 0.05) is 43.7 Å². The first-order valence-corrected chi connectivity index (χ1v) is 10.4. The number of ether oxygens (including phenoxy) is 1. The standard InChI is InChI=1S/C21H25N5OS/c1-2-17-15-28-19-18(17)24-21(22-8-9-26-10-12-27-13-11-26)25-20(19)23-14-16-6-4-3-5-7-16/h2-7,15H,1,8-14H2,(H2,22,23,24,25). The van der Waals surface area contributed by atoms with E-state index in [4.69, 9.17) is 14.7 Å². The molecule has 0 amide bonds. The minimum atomic E-state index is 0.651. The monoisotopic (exact) mass is 395 g/mol. The van der Waals surface area contributed by atoms with Gasteiger partial charge in [0.15, 0.2) is 0 Å². The van der Waals surface area contributed by atoms with Crippen molar-refractivity contribution in [2.75, 3.05) is 50.0 Å². The number of hydrogen-bond acceptors (Lipinski definition) is 7. The summed E-state index contributed by atoms with van der Waals surface area (Å²) in [5.41, 5.74) is 3.21. The third-order valence-electron chi connectivity index (χ3n) is 4.78. The highest BCUT2D eigenvalue weighted by Gasteiger charge is 2.13. The molecule has 146 valence electrons. The Labute approximate surface area is 169 Å². The minimum absolute atomic E-state index is 0.651. The summed E-state index contributed by atoms with van der Waals surface area (Å²) in [6.07, 6.45) is 1.85. The molecular formula is C21H25N5OS. The van der Waals surface area contributed by atoms with Gasteiger partial charge in [0.2, 0.25) is 5.95 Å². The maximum atomic E-state index is 5.40. The zero-order chi connectivity index (χ0) is 19.2. The third kappa shape index (κ3) is 4.49. The Morgan fingerprint density at radius 1 is 1.14 bits per heavy atom. The van der Waals surface area contributed by atoms with Crippen molar-refractivity contribution in [1.29, 1.82) is 0 Å². The van der Waals surface area contributed by atoms with Crippen molar-refractivity contribution >= 4 is 39.4 Å². The summed E-state index contributed by atoms with van der Waals surface area (Å²) in [6, 6.07) is 10.3. The second kappa shape index (κ2) is 9.14. The molecule has 0 spiro atoms. The molecule has 0 unspecified atom stereocenters. The lowest BCUT2D eigenvalue weighted by Gasteiger charge is -2.26. The summed E-state index contributed by atoms with van der Waals surface area (Å²) >= 11 is 1.65. The quantitative estimate of drug-likeness (QED) is 0.607. The zero-order valence-corrected chi connectivity index (χ0v) is 16.7. The van der Waals surface area contributed by atoms with Crippen LogP contribution in [0.3, 0.4) is 0 Å². The molecule has 1 aromatic carbocycles. The lowest BCUT2D eigenvalue weighted by molar-refractivity contribution is 0.0398. The van der Waals surface area contributed by atoms with Gasteiger partial charge in [-0.2, -0.15) is 4.98 Å². The molecule has 7 heteroatoms. The summed E-state index contributed by atoms with van der Waals surface area (Å²) in [6.45, 7) is 9.99. The molecule has 0 aliphatic carbocycles. The Hall–Kier alpha value is -2.48. The van der Waals surface area contributed by atoms with Crippen LogP contribution in [0.4, 0.5) is 11.8 Å². The molecule has 1 aliphatic heterocycles. The number of thiophene rings is 1. The molecule has 4 rings (SSSR count). The lowest BCUT2D eigenvalue weighted by Crippen LogP contribution is -2.39. The van der Waals surface area contributed by atoms with E-state index in [0.29, 0.717) is 5.95 Å². The van der Waals surface area contributed by atoms with Gasteiger partial charge >= 0.3 is 0 Å². The molecule has 3 aromatic rings. The first-order valence-electron chi connectivity index (χ1n) is 9.57. The van der Waals surface area contributed by atoms with E-state index in [0.717, 1.165) is 67.5 Å². The SMILES string of the molecule is C=Cc1csc2c(NCc3ccccc3)nc(NCCN3CCOCC3)nc12. The molecule has 0 radical (unpaired) electrons. The molecule has 28 heavy (non-hydrogen) atoms. The summed E-state index contributed by atoms with van der Waals surface area (Å²) < 4.78 is 6.46. The smallest absolute Gasteiger partial charge is 0.225 e. The molecule has 0 bridgehead atoms. The van der Waals surface area contributed by atoms with Crippen LogP contribution in [-0.2, 0) is 11.3 Å². The molecule has 1 aliphatic rings. The van der Waals surface area contributed by atoms with Crippen LogP contribution < -0.4 is 10.6 Å². The van der Waals surface area contributed by atoms with Gasteiger partial charge in [0.05, 0.1) is 23.4 Å². The van der Waals surface area contributed by atoms with Crippen LogP contribution in [0.5, 0.6) is 0 Å². The molecule has 2 aromatic heterocycles. The molecule has 1 fully saturated rings. The number of aromatic nitrogens is 2. The van der Waals surface area contributed by atoms with Crippen molar-refractivity contribution in [3.8, 4) is 0 Å². The summed E-state index contributed by atoms with van der Waals surface area (Å²) in [5, 5.41) is 8.95. The normalized spacial score (nSPS) is 14.9. The maximum Gasteiger partial charge on any atom is 0.225 e. The van der Waals surface area contributed by atoms with Gasteiger partial charge in [-0.3, -0.25) is 4.90 Å². The molecule has 6 nitrogen and oxygen atoms in total. The Bertz CT molecular complexity index is 921.